The van der Waals surface area contributed by atoms with Crippen LogP contribution in [-0.2, 0) is 20.9 Å². The number of carbonyl (C=O) groups excluding carboxylic acids is 1. The molecule has 0 aliphatic rings. The van der Waals surface area contributed by atoms with Crippen LogP contribution in [0.4, 0.5) is 0 Å². The van der Waals surface area contributed by atoms with Crippen molar-refractivity contribution in [3.05, 3.63) is 28.0 Å². The van der Waals surface area contributed by atoms with E-state index in [0.29, 0.717) is 12.2 Å². The van der Waals surface area contributed by atoms with E-state index < -0.39 is 12.0 Å². The minimum atomic E-state index is -0.792. The summed E-state index contributed by atoms with van der Waals surface area (Å²) in [6, 6.07) is 2.35. The molecule has 1 heterocycles. The number of ether oxygens (including phenoxy) is 2. The van der Waals surface area contributed by atoms with Crippen molar-refractivity contribution in [2.24, 2.45) is 5.73 Å². The Bertz CT molecular complexity index is 412. The third-order valence-electron chi connectivity index (χ3n) is 2.15. The van der Waals surface area contributed by atoms with Gasteiger partial charge in [-0.2, -0.15) is 0 Å². The van der Waals surface area contributed by atoms with Crippen molar-refractivity contribution in [2.45, 2.75) is 26.0 Å². The first kappa shape index (κ1) is 19.4. The van der Waals surface area contributed by atoms with Crippen LogP contribution in [0.5, 0.6) is 0 Å². The van der Waals surface area contributed by atoms with Crippen LogP contribution in [0.15, 0.2) is 12.1 Å². The molecule has 0 fully saturated rings. The normalized spacial score (nSPS) is 11.6. The maximum atomic E-state index is 11.6. The number of rotatable bonds is 7. The molecule has 20 heavy (non-hydrogen) atoms. The van der Waals surface area contributed by atoms with E-state index in [9.17, 15) is 4.79 Å². The summed E-state index contributed by atoms with van der Waals surface area (Å²) < 4.78 is 10.2. The number of aromatic nitrogens is 1. The number of pyridine rings is 1. The van der Waals surface area contributed by atoms with Crippen LogP contribution >= 0.6 is 35.6 Å². The molecule has 114 valence electrons. The highest BCUT2D eigenvalue weighted by atomic mass is 35.5. The second kappa shape index (κ2) is 10.2. The maximum absolute atomic E-state index is 11.6. The first-order chi connectivity index (χ1) is 9.02. The minimum Gasteiger partial charge on any atom is -0.460 e. The van der Waals surface area contributed by atoms with E-state index in [1.165, 1.54) is 0 Å². The Labute approximate surface area is 134 Å². The Kier molecular flexibility index (Phi) is 9.88. The number of nitrogens with zero attached hydrogens (tertiary/aromatic N) is 1. The minimum absolute atomic E-state index is 0. The highest BCUT2D eigenvalue weighted by molar-refractivity contribution is 6.32. The van der Waals surface area contributed by atoms with Crippen LogP contribution in [-0.4, -0.2) is 30.2 Å². The van der Waals surface area contributed by atoms with E-state index in [4.69, 9.17) is 38.4 Å². The number of nitrogens with two attached hydrogens (primary N) is 1. The third-order valence-corrected chi connectivity index (χ3v) is 2.54. The molecule has 8 heteroatoms. The van der Waals surface area contributed by atoms with Crippen LogP contribution in [0.25, 0.3) is 0 Å². The molecule has 0 aliphatic heterocycles. The number of hydrogen-bond acceptors (Lipinski definition) is 5. The molecule has 5 nitrogen and oxygen atoms in total. The molecule has 0 amide bonds. The molecule has 1 aromatic heterocycles. The molecule has 0 saturated heterocycles. The lowest BCUT2D eigenvalue weighted by Gasteiger charge is -2.12. The second-order valence-corrected chi connectivity index (χ2v) is 4.68. The standard InChI is InChI=1S/C12H16Cl2N2O3.ClH/c1-2-3-18-7-9(15)12(17)19-6-8-4-10(13)16-11(14)5-8;/h4-5,9H,2-3,6-7,15H2,1H3;1H/t9-;/m0./s1. The van der Waals surface area contributed by atoms with Crippen molar-refractivity contribution in [3.8, 4) is 0 Å². The first-order valence-corrected chi connectivity index (χ1v) is 6.60. The third kappa shape index (κ3) is 7.26. The van der Waals surface area contributed by atoms with Gasteiger partial charge in [-0.15, -0.1) is 12.4 Å². The average molecular weight is 344 g/mol. The van der Waals surface area contributed by atoms with E-state index in [-0.39, 0.29) is 35.9 Å². The van der Waals surface area contributed by atoms with Gasteiger partial charge in [0.05, 0.1) is 6.61 Å². The maximum Gasteiger partial charge on any atom is 0.325 e. The van der Waals surface area contributed by atoms with E-state index >= 15 is 0 Å². The van der Waals surface area contributed by atoms with E-state index in [1.54, 1.807) is 12.1 Å². The topological polar surface area (TPSA) is 74.4 Å². The Morgan fingerprint density at radius 2 is 2.00 bits per heavy atom. The fourth-order valence-electron chi connectivity index (χ4n) is 1.28. The largest absolute Gasteiger partial charge is 0.460 e. The summed E-state index contributed by atoms with van der Waals surface area (Å²) in [7, 11) is 0. The average Bonchev–Trinajstić information content (AvgIpc) is 2.35. The fourth-order valence-corrected chi connectivity index (χ4v) is 1.79. The van der Waals surface area contributed by atoms with E-state index in [1.807, 2.05) is 6.92 Å². The zero-order chi connectivity index (χ0) is 14.3. The van der Waals surface area contributed by atoms with Gasteiger partial charge in [0.15, 0.2) is 0 Å². The predicted molar refractivity (Wildman–Crippen MR) is 80.4 cm³/mol. The van der Waals surface area contributed by atoms with Gasteiger partial charge in [0.1, 0.15) is 23.0 Å². The fraction of sp³-hybridized carbons (Fsp3) is 0.500. The number of hydrogen-bond donors (Lipinski definition) is 1. The molecule has 0 unspecified atom stereocenters. The lowest BCUT2D eigenvalue weighted by molar-refractivity contribution is -0.148. The smallest absolute Gasteiger partial charge is 0.325 e. The lowest BCUT2D eigenvalue weighted by Crippen LogP contribution is -2.36. The van der Waals surface area contributed by atoms with Gasteiger partial charge >= 0.3 is 5.97 Å². The summed E-state index contributed by atoms with van der Waals surface area (Å²) in [4.78, 5) is 15.4. The quantitative estimate of drug-likeness (QED) is 0.468. The molecular weight excluding hydrogens is 327 g/mol. The molecule has 0 bridgehead atoms. The van der Waals surface area contributed by atoms with Crippen molar-refractivity contribution in [1.29, 1.82) is 0 Å². The van der Waals surface area contributed by atoms with Gasteiger partial charge in [0, 0.05) is 6.61 Å². The second-order valence-electron chi connectivity index (χ2n) is 3.91. The van der Waals surface area contributed by atoms with Gasteiger partial charge in [-0.05, 0) is 24.1 Å². The van der Waals surface area contributed by atoms with E-state index in [2.05, 4.69) is 4.98 Å². The van der Waals surface area contributed by atoms with Gasteiger partial charge in [0.25, 0.3) is 0 Å². The summed E-state index contributed by atoms with van der Waals surface area (Å²) in [6.07, 6.45) is 0.871. The molecule has 0 aromatic carbocycles. The van der Waals surface area contributed by atoms with Crippen molar-refractivity contribution in [3.63, 3.8) is 0 Å². The summed E-state index contributed by atoms with van der Waals surface area (Å²) in [6.45, 7) is 2.73. The van der Waals surface area contributed by atoms with Gasteiger partial charge in [-0.1, -0.05) is 30.1 Å². The zero-order valence-electron chi connectivity index (χ0n) is 11.0. The van der Waals surface area contributed by atoms with Crippen molar-refractivity contribution in [2.75, 3.05) is 13.2 Å². The van der Waals surface area contributed by atoms with Gasteiger partial charge < -0.3 is 15.2 Å². The number of esters is 1. The first-order valence-electron chi connectivity index (χ1n) is 5.85. The molecule has 0 saturated carbocycles. The molecule has 0 radical (unpaired) electrons. The van der Waals surface area contributed by atoms with Crippen molar-refractivity contribution >= 4 is 41.6 Å². The zero-order valence-corrected chi connectivity index (χ0v) is 13.3. The Morgan fingerprint density at radius 3 is 2.55 bits per heavy atom. The van der Waals surface area contributed by atoms with Crippen LogP contribution in [0, 0.1) is 0 Å². The van der Waals surface area contributed by atoms with E-state index in [0.717, 1.165) is 6.42 Å². The van der Waals surface area contributed by atoms with Crippen LogP contribution in [0.3, 0.4) is 0 Å². The van der Waals surface area contributed by atoms with Gasteiger partial charge in [0.2, 0.25) is 0 Å². The summed E-state index contributed by atoms with van der Waals surface area (Å²) in [5.74, 6) is -0.528. The van der Waals surface area contributed by atoms with Gasteiger partial charge in [-0.3, -0.25) is 4.79 Å². The summed E-state index contributed by atoms with van der Waals surface area (Å²) >= 11 is 11.5. The molecular formula is C12H17Cl3N2O3. The molecule has 0 spiro atoms. The molecule has 1 atom stereocenters. The van der Waals surface area contributed by atoms with Crippen molar-refractivity contribution < 1.29 is 14.3 Å². The summed E-state index contributed by atoms with van der Waals surface area (Å²) in [5.41, 5.74) is 6.27. The monoisotopic (exact) mass is 342 g/mol. The number of carbonyl (C=O) groups is 1. The van der Waals surface area contributed by atoms with Gasteiger partial charge in [-0.25, -0.2) is 4.98 Å². The van der Waals surface area contributed by atoms with Crippen molar-refractivity contribution in [1.82, 2.24) is 4.98 Å². The van der Waals surface area contributed by atoms with Crippen LogP contribution < -0.4 is 5.73 Å². The molecule has 1 rings (SSSR count). The Balaban J connectivity index is 0.00000361. The Morgan fingerprint density at radius 1 is 1.40 bits per heavy atom. The highest BCUT2D eigenvalue weighted by Crippen LogP contribution is 2.15. The molecule has 1 aromatic rings. The van der Waals surface area contributed by atoms with Crippen LogP contribution in [0.2, 0.25) is 10.3 Å². The molecule has 0 aliphatic carbocycles. The molecule has 2 N–H and O–H groups in total. The summed E-state index contributed by atoms with van der Waals surface area (Å²) in [5, 5.41) is 0.489. The predicted octanol–water partition coefficient (Wildman–Crippen LogP) is 2.61. The Hall–Kier alpha value is -0.590. The highest BCUT2D eigenvalue weighted by Gasteiger charge is 2.15. The van der Waals surface area contributed by atoms with Crippen LogP contribution in [0.1, 0.15) is 18.9 Å². The lowest BCUT2D eigenvalue weighted by atomic mass is 10.3. The SMILES string of the molecule is CCCOC[C@H](N)C(=O)OCc1cc(Cl)nc(Cl)c1.Cl. The number of halogens is 3.